The third-order valence-corrected chi connectivity index (χ3v) is 5.37. The Balaban J connectivity index is 1.78. The lowest BCUT2D eigenvalue weighted by Crippen LogP contribution is -2.28. The topological polar surface area (TPSA) is 119 Å². The van der Waals surface area contributed by atoms with Gasteiger partial charge in [0.1, 0.15) is 0 Å². The summed E-state index contributed by atoms with van der Waals surface area (Å²) >= 11 is 0. The van der Waals surface area contributed by atoms with E-state index in [-0.39, 0.29) is 23.6 Å². The highest BCUT2D eigenvalue weighted by Crippen LogP contribution is 2.15. The molecule has 0 saturated carbocycles. The van der Waals surface area contributed by atoms with E-state index in [0.29, 0.717) is 11.3 Å². The average Bonchev–Trinajstić information content (AvgIpc) is 2.67. The molecule has 0 aliphatic rings. The second-order valence-electron chi connectivity index (χ2n) is 6.27. The summed E-state index contributed by atoms with van der Waals surface area (Å²) in [5.74, 6) is -1.54. The Morgan fingerprint density at radius 1 is 1.00 bits per heavy atom. The minimum atomic E-state index is -3.73. The van der Waals surface area contributed by atoms with Crippen LogP contribution in [0.3, 0.4) is 0 Å². The number of aryl methyl sites for hydroxylation is 1. The van der Waals surface area contributed by atoms with Gasteiger partial charge in [-0.1, -0.05) is 29.8 Å². The molecule has 0 unspecified atom stereocenters. The first-order valence-electron chi connectivity index (χ1n) is 8.81. The van der Waals surface area contributed by atoms with Crippen LogP contribution in [0.2, 0.25) is 0 Å². The van der Waals surface area contributed by atoms with Crippen molar-refractivity contribution in [2.75, 3.05) is 18.5 Å². The highest BCUT2D eigenvalue weighted by molar-refractivity contribution is 7.89. The van der Waals surface area contributed by atoms with Crippen LogP contribution in [0.1, 0.15) is 29.3 Å². The Kier molecular flexibility index (Phi) is 7.63. The molecule has 2 N–H and O–H groups in total. The molecule has 0 atom stereocenters. The molecule has 154 valence electrons. The molecule has 0 heterocycles. The quantitative estimate of drug-likeness (QED) is 0.475. The Morgan fingerprint density at radius 3 is 2.31 bits per heavy atom. The Morgan fingerprint density at radius 2 is 1.66 bits per heavy atom. The van der Waals surface area contributed by atoms with Crippen LogP contribution in [0.15, 0.2) is 53.4 Å². The van der Waals surface area contributed by atoms with Gasteiger partial charge in [-0.25, -0.2) is 13.1 Å². The molecule has 0 bridgehead atoms. The highest BCUT2D eigenvalue weighted by Gasteiger charge is 2.15. The molecule has 0 aliphatic carbocycles. The number of Topliss-reactive ketones (excluding diaryl/α,β-unsaturated/α-hetero) is 1. The molecule has 29 heavy (non-hydrogen) atoms. The van der Waals surface area contributed by atoms with Gasteiger partial charge >= 0.3 is 5.97 Å². The molecular formula is C20H22N2O6S. The molecule has 2 rings (SSSR count). The van der Waals surface area contributed by atoms with Gasteiger partial charge in [0.2, 0.25) is 10.0 Å². The van der Waals surface area contributed by atoms with E-state index >= 15 is 0 Å². The van der Waals surface area contributed by atoms with Gasteiger partial charge in [-0.2, -0.15) is 0 Å². The monoisotopic (exact) mass is 418 g/mol. The van der Waals surface area contributed by atoms with Crippen LogP contribution >= 0.6 is 0 Å². The number of carbonyl (C=O) groups excluding carboxylic acids is 3. The van der Waals surface area contributed by atoms with Crippen molar-refractivity contribution in [2.45, 2.75) is 25.2 Å². The molecule has 0 aliphatic heterocycles. The molecule has 0 radical (unpaired) electrons. The maximum absolute atomic E-state index is 12.1. The number of hydrogen-bond donors (Lipinski definition) is 2. The van der Waals surface area contributed by atoms with Crippen molar-refractivity contribution in [3.63, 3.8) is 0 Å². The Bertz CT molecular complexity index is 1000. The van der Waals surface area contributed by atoms with Crippen molar-refractivity contribution >= 4 is 33.4 Å². The molecule has 0 saturated heterocycles. The van der Waals surface area contributed by atoms with Crippen molar-refractivity contribution in [3.8, 4) is 0 Å². The minimum absolute atomic E-state index is 0.0972. The smallest absolute Gasteiger partial charge is 0.307 e. The number of benzene rings is 2. The second kappa shape index (κ2) is 9.94. The molecule has 0 aromatic heterocycles. The fraction of sp³-hybridized carbons (Fsp3) is 0.250. The van der Waals surface area contributed by atoms with E-state index in [0.717, 1.165) is 5.56 Å². The maximum atomic E-state index is 12.1. The van der Waals surface area contributed by atoms with Gasteiger partial charge in [-0.15, -0.1) is 0 Å². The molecular weight excluding hydrogens is 396 g/mol. The number of carbonyl (C=O) groups is 3. The van der Waals surface area contributed by atoms with E-state index in [1.165, 1.54) is 19.1 Å². The predicted octanol–water partition coefficient (Wildman–Crippen LogP) is 2.05. The molecule has 8 nitrogen and oxygen atoms in total. The summed E-state index contributed by atoms with van der Waals surface area (Å²) in [4.78, 5) is 35.3. The minimum Gasteiger partial charge on any atom is -0.456 e. The zero-order chi connectivity index (χ0) is 21.4. The van der Waals surface area contributed by atoms with Gasteiger partial charge in [0.25, 0.3) is 5.91 Å². The van der Waals surface area contributed by atoms with Crippen LogP contribution < -0.4 is 10.0 Å². The van der Waals surface area contributed by atoms with E-state index in [9.17, 15) is 22.8 Å². The lowest BCUT2D eigenvalue weighted by atomic mass is 10.1. The number of ketones is 1. The fourth-order valence-electron chi connectivity index (χ4n) is 2.39. The lowest BCUT2D eigenvalue weighted by Gasteiger charge is -2.10. The zero-order valence-corrected chi connectivity index (χ0v) is 16.9. The number of esters is 1. The molecule has 0 spiro atoms. The van der Waals surface area contributed by atoms with E-state index in [2.05, 4.69) is 10.0 Å². The number of amides is 1. The van der Waals surface area contributed by atoms with Crippen LogP contribution in [0, 0.1) is 6.92 Å². The number of sulfonamides is 1. The van der Waals surface area contributed by atoms with Crippen molar-refractivity contribution in [1.29, 1.82) is 0 Å². The average molecular weight is 418 g/mol. The van der Waals surface area contributed by atoms with Crippen LogP contribution in [0.25, 0.3) is 0 Å². The summed E-state index contributed by atoms with van der Waals surface area (Å²) < 4.78 is 31.4. The largest absolute Gasteiger partial charge is 0.456 e. The summed E-state index contributed by atoms with van der Waals surface area (Å²) in [5, 5.41) is 2.51. The molecule has 9 heteroatoms. The number of hydrogen-bond acceptors (Lipinski definition) is 6. The fourth-order valence-corrected chi connectivity index (χ4v) is 3.42. The second-order valence-corrected chi connectivity index (χ2v) is 8.04. The summed E-state index contributed by atoms with van der Waals surface area (Å²) in [6, 6.07) is 12.8. The molecule has 2 aromatic rings. The summed E-state index contributed by atoms with van der Waals surface area (Å²) in [7, 11) is -3.73. The summed E-state index contributed by atoms with van der Waals surface area (Å²) in [5.41, 5.74) is 1.60. The molecule has 1 amide bonds. The summed E-state index contributed by atoms with van der Waals surface area (Å²) in [6.45, 7) is 2.51. The first-order valence-corrected chi connectivity index (χ1v) is 10.3. The standard InChI is InChI=1S/C20H22N2O6S/c1-14-7-9-16(10-8-14)29(26,27)21-12-11-20(25)28-13-19(24)22-18-6-4-3-5-17(18)15(2)23/h3-10,21H,11-13H2,1-2H3,(H,22,24). The van der Waals surface area contributed by atoms with E-state index in [1.54, 1.807) is 36.4 Å². The third kappa shape index (κ3) is 6.81. The normalized spacial score (nSPS) is 11.0. The number of rotatable bonds is 9. The first-order chi connectivity index (χ1) is 13.7. The van der Waals surface area contributed by atoms with Gasteiger partial charge in [0.05, 0.1) is 17.0 Å². The number of anilines is 1. The molecule has 2 aromatic carbocycles. The van der Waals surface area contributed by atoms with Crippen LogP contribution in [-0.4, -0.2) is 39.2 Å². The van der Waals surface area contributed by atoms with Crippen molar-refractivity contribution in [2.24, 2.45) is 0 Å². The van der Waals surface area contributed by atoms with Gasteiger partial charge in [-0.3, -0.25) is 14.4 Å². The zero-order valence-electron chi connectivity index (χ0n) is 16.1. The Labute approximate surface area is 169 Å². The third-order valence-electron chi connectivity index (χ3n) is 3.90. The first kappa shape index (κ1) is 22.3. The highest BCUT2D eigenvalue weighted by atomic mass is 32.2. The number of ether oxygens (including phenoxy) is 1. The van der Waals surface area contributed by atoms with Gasteiger partial charge in [0, 0.05) is 12.1 Å². The van der Waals surface area contributed by atoms with Gasteiger partial charge in [-0.05, 0) is 38.1 Å². The van der Waals surface area contributed by atoms with Gasteiger partial charge in [0.15, 0.2) is 12.4 Å². The van der Waals surface area contributed by atoms with Crippen molar-refractivity contribution in [1.82, 2.24) is 4.72 Å². The predicted molar refractivity (Wildman–Crippen MR) is 107 cm³/mol. The molecule has 0 fully saturated rings. The van der Waals surface area contributed by atoms with Crippen LogP contribution in [0.4, 0.5) is 5.69 Å². The van der Waals surface area contributed by atoms with Crippen LogP contribution in [0.5, 0.6) is 0 Å². The van der Waals surface area contributed by atoms with Gasteiger partial charge < -0.3 is 10.1 Å². The van der Waals surface area contributed by atoms with Crippen molar-refractivity contribution < 1.29 is 27.5 Å². The van der Waals surface area contributed by atoms with E-state index < -0.39 is 28.5 Å². The van der Waals surface area contributed by atoms with Crippen LogP contribution in [-0.2, 0) is 24.3 Å². The van der Waals surface area contributed by atoms with E-state index in [1.807, 2.05) is 6.92 Å². The van der Waals surface area contributed by atoms with E-state index in [4.69, 9.17) is 4.74 Å². The van der Waals surface area contributed by atoms with Crippen molar-refractivity contribution in [3.05, 3.63) is 59.7 Å². The number of nitrogens with one attached hydrogen (secondary N) is 2. The number of para-hydroxylation sites is 1. The maximum Gasteiger partial charge on any atom is 0.307 e. The lowest BCUT2D eigenvalue weighted by molar-refractivity contribution is -0.147. The summed E-state index contributed by atoms with van der Waals surface area (Å²) in [6.07, 6.45) is -0.234. The Hall–Kier alpha value is -3.04. The SMILES string of the molecule is CC(=O)c1ccccc1NC(=O)COC(=O)CCNS(=O)(=O)c1ccc(C)cc1.